The molecule has 0 aliphatic rings. The number of aliphatic hydroxyl groups excluding tert-OH is 2. The Hall–Kier alpha value is -0.0300. The summed E-state index contributed by atoms with van der Waals surface area (Å²) in [6.07, 6.45) is 19.2. The first-order valence-electron chi connectivity index (χ1n) is 23.1. The van der Waals surface area contributed by atoms with E-state index in [1.807, 2.05) is 13.8 Å². The maximum absolute atomic E-state index is 13.0. The van der Waals surface area contributed by atoms with Crippen molar-refractivity contribution in [2.75, 3.05) is 26.4 Å². The fourth-order valence-corrected chi connectivity index (χ4v) is 8.17. The van der Waals surface area contributed by atoms with Crippen molar-refractivity contribution in [2.45, 2.75) is 210 Å². The summed E-state index contributed by atoms with van der Waals surface area (Å²) in [5, 5.41) is 18.4. The number of esters is 2. The molecule has 0 saturated heterocycles. The van der Waals surface area contributed by atoms with Crippen LogP contribution < -0.4 is 34.5 Å². The Balaban J connectivity index is 0. The maximum Gasteiger partial charge on any atom is 1.00 e. The number of hydrogen-bond donors (Lipinski definition) is 2. The summed E-state index contributed by atoms with van der Waals surface area (Å²) in [7, 11) is -4.90. The van der Waals surface area contributed by atoms with E-state index in [0.717, 1.165) is 62.2 Å². The number of hydrogen-bond acceptors (Lipinski definition) is 10. The van der Waals surface area contributed by atoms with Crippen molar-refractivity contribution in [1.82, 2.24) is 0 Å². The van der Waals surface area contributed by atoms with Crippen LogP contribution in [0, 0.1) is 47.3 Å². The summed E-state index contributed by atoms with van der Waals surface area (Å²) >= 11 is 0. The van der Waals surface area contributed by atoms with Gasteiger partial charge in [-0.1, -0.05) is 185 Å². The summed E-state index contributed by atoms with van der Waals surface area (Å²) in [6, 6.07) is 0. The van der Waals surface area contributed by atoms with Crippen LogP contribution in [-0.2, 0) is 32.7 Å². The average Bonchev–Trinajstić information content (AvgIpc) is 3.11. The number of carbonyl (C=O) groups is 2. The third-order valence-corrected chi connectivity index (χ3v) is 12.3. The number of carbonyl (C=O) groups excluding carboxylic acids is 2. The first kappa shape index (κ1) is 60.1. The molecule has 9 unspecified atom stereocenters. The van der Waals surface area contributed by atoms with Gasteiger partial charge in [0.25, 0.3) is 7.82 Å². The molecule has 0 aromatic rings. The van der Waals surface area contributed by atoms with Gasteiger partial charge in [0.15, 0.2) is 6.10 Å². The standard InChI is InChI=1S/C46H91O10P.Na/c1-35(2)17-11-19-37(5)21-13-23-39(7)25-15-27-41(9)29-45(49)53-33-44(34-55-57(51,52)54-32-43(48)31-47)56-46(50)30-42(10)28-16-26-40(8)24-14-22-38(6)20-12-18-36(3)4;/h35-44,47-48H,11-34H2,1-10H3,(H,51,52);/q;+1/p-1. The molecule has 12 heteroatoms. The molecule has 0 fully saturated rings. The van der Waals surface area contributed by atoms with Gasteiger partial charge in [-0.05, 0) is 47.3 Å². The molecule has 2 N–H and O–H groups in total. The van der Waals surface area contributed by atoms with Crippen LogP contribution in [0.1, 0.15) is 198 Å². The third kappa shape index (κ3) is 37.7. The van der Waals surface area contributed by atoms with Gasteiger partial charge in [0.1, 0.15) is 12.7 Å². The van der Waals surface area contributed by atoms with E-state index in [4.69, 9.17) is 19.1 Å². The van der Waals surface area contributed by atoms with Crippen molar-refractivity contribution in [3.8, 4) is 0 Å². The van der Waals surface area contributed by atoms with E-state index in [9.17, 15) is 24.2 Å². The average molecular weight is 857 g/mol. The van der Waals surface area contributed by atoms with Crippen LogP contribution in [0.4, 0.5) is 0 Å². The largest absolute Gasteiger partial charge is 1.00 e. The molecule has 0 rings (SSSR count). The molecule has 0 aliphatic carbocycles. The summed E-state index contributed by atoms with van der Waals surface area (Å²) in [5.41, 5.74) is 0. The quantitative estimate of drug-likeness (QED) is 0.0353. The molecule has 58 heavy (non-hydrogen) atoms. The fraction of sp³-hybridized carbons (Fsp3) is 0.957. The normalized spacial score (nSPS) is 17.1. The van der Waals surface area contributed by atoms with Crippen LogP contribution in [0.2, 0.25) is 0 Å². The number of rotatable bonds is 38. The molecule has 0 amide bonds. The molecule has 0 radical (unpaired) electrons. The van der Waals surface area contributed by atoms with Gasteiger partial charge in [0.2, 0.25) is 0 Å². The third-order valence-electron chi connectivity index (χ3n) is 11.3. The molecular weight excluding hydrogens is 766 g/mol. The Bertz CT molecular complexity index is 1050. The summed E-state index contributed by atoms with van der Waals surface area (Å²) in [4.78, 5) is 38.0. The van der Waals surface area contributed by atoms with Crippen LogP contribution >= 0.6 is 7.82 Å². The first-order chi connectivity index (χ1) is 26.8. The van der Waals surface area contributed by atoms with E-state index in [1.165, 1.54) is 77.0 Å². The Morgan fingerprint density at radius 1 is 0.517 bits per heavy atom. The Kier molecular flexibility index (Phi) is 37.7. The zero-order chi connectivity index (χ0) is 43.2. The molecule has 9 atom stereocenters. The minimum absolute atomic E-state index is 0. The molecule has 0 heterocycles. The zero-order valence-corrected chi connectivity index (χ0v) is 42.2. The van der Waals surface area contributed by atoms with Gasteiger partial charge in [-0.25, -0.2) is 0 Å². The minimum Gasteiger partial charge on any atom is -0.756 e. The maximum atomic E-state index is 13.0. The summed E-state index contributed by atoms with van der Waals surface area (Å²) in [6.45, 7) is 20.2. The second-order valence-electron chi connectivity index (χ2n) is 19.1. The van der Waals surface area contributed by atoms with Crippen LogP contribution in [-0.4, -0.2) is 60.8 Å². The molecule has 0 aromatic heterocycles. The predicted octanol–water partition coefficient (Wildman–Crippen LogP) is 8.23. The number of ether oxygens (including phenoxy) is 2. The molecule has 0 aromatic carbocycles. The van der Waals surface area contributed by atoms with Crippen molar-refractivity contribution in [2.24, 2.45) is 47.3 Å². The Morgan fingerprint density at radius 2 is 0.845 bits per heavy atom. The van der Waals surface area contributed by atoms with E-state index in [1.54, 1.807) is 0 Å². The van der Waals surface area contributed by atoms with E-state index >= 15 is 0 Å². The van der Waals surface area contributed by atoms with Crippen molar-refractivity contribution >= 4 is 19.8 Å². The summed E-state index contributed by atoms with van der Waals surface area (Å²) < 4.78 is 32.9. The number of phosphoric ester groups is 1. The van der Waals surface area contributed by atoms with Gasteiger partial charge in [-0.15, -0.1) is 0 Å². The van der Waals surface area contributed by atoms with Crippen molar-refractivity contribution < 1.29 is 77.3 Å². The van der Waals surface area contributed by atoms with Gasteiger partial charge in [-0.3, -0.25) is 14.2 Å². The fourth-order valence-electron chi connectivity index (χ4n) is 7.40. The first-order valence-corrected chi connectivity index (χ1v) is 24.5. The van der Waals surface area contributed by atoms with Crippen molar-refractivity contribution in [3.63, 3.8) is 0 Å². The molecular formula is C46H90NaO10P. The van der Waals surface area contributed by atoms with E-state index in [-0.39, 0.29) is 60.8 Å². The van der Waals surface area contributed by atoms with Crippen LogP contribution in [0.25, 0.3) is 0 Å². The van der Waals surface area contributed by atoms with Gasteiger partial charge in [0.05, 0.1) is 19.8 Å². The van der Waals surface area contributed by atoms with E-state index < -0.39 is 51.8 Å². The van der Waals surface area contributed by atoms with Crippen molar-refractivity contribution in [1.29, 1.82) is 0 Å². The number of aliphatic hydroxyl groups is 2. The molecule has 10 nitrogen and oxygen atoms in total. The topological polar surface area (TPSA) is 152 Å². The van der Waals surface area contributed by atoms with Crippen LogP contribution in [0.15, 0.2) is 0 Å². The van der Waals surface area contributed by atoms with Crippen LogP contribution in [0.3, 0.4) is 0 Å². The Morgan fingerprint density at radius 3 is 1.21 bits per heavy atom. The monoisotopic (exact) mass is 857 g/mol. The molecule has 0 bridgehead atoms. The minimum atomic E-state index is -4.90. The second-order valence-corrected chi connectivity index (χ2v) is 20.5. The van der Waals surface area contributed by atoms with Gasteiger partial charge in [-0.2, -0.15) is 0 Å². The zero-order valence-electron chi connectivity index (χ0n) is 39.4. The Labute approximate surface area is 378 Å². The van der Waals surface area contributed by atoms with E-state index in [0.29, 0.717) is 11.8 Å². The molecule has 0 spiro atoms. The smallest absolute Gasteiger partial charge is 0.756 e. The van der Waals surface area contributed by atoms with Gasteiger partial charge >= 0.3 is 41.5 Å². The van der Waals surface area contributed by atoms with Gasteiger partial charge in [0, 0.05) is 12.8 Å². The van der Waals surface area contributed by atoms with Crippen molar-refractivity contribution in [3.05, 3.63) is 0 Å². The van der Waals surface area contributed by atoms with E-state index in [2.05, 4.69) is 59.9 Å². The van der Waals surface area contributed by atoms with Crippen LogP contribution in [0.5, 0.6) is 0 Å². The second kappa shape index (κ2) is 36.5. The predicted molar refractivity (Wildman–Crippen MR) is 230 cm³/mol. The number of phosphoric acid groups is 1. The summed E-state index contributed by atoms with van der Waals surface area (Å²) in [5.74, 6) is 3.60. The SMILES string of the molecule is CC(C)CCCC(C)CCCC(C)CCCC(C)CC(=O)OCC(COP(=O)([O-])OCC(O)CO)OC(=O)CC(C)CCCC(C)CCCC(C)CCCC(C)C.[Na+]. The molecule has 340 valence electrons. The molecule has 0 aliphatic heterocycles. The molecule has 0 saturated carbocycles. The van der Waals surface area contributed by atoms with Gasteiger partial charge < -0.3 is 33.6 Å².